The van der Waals surface area contributed by atoms with E-state index in [1.165, 1.54) is 54.4 Å². The van der Waals surface area contributed by atoms with Crippen LogP contribution in [0.15, 0.2) is 66.7 Å². The Morgan fingerprint density at radius 3 is 2.69 bits per heavy atom. The predicted octanol–water partition coefficient (Wildman–Crippen LogP) is 6.07. The zero-order valence-electron chi connectivity index (χ0n) is 18.6. The molecule has 3 N–H and O–H groups in total. The Hall–Kier alpha value is -2.78. The number of nitrogens with one attached hydrogen (secondary N) is 2. The zero-order chi connectivity index (χ0) is 21.5. The summed E-state index contributed by atoms with van der Waals surface area (Å²) in [6.45, 7) is 1.11. The first kappa shape index (κ1) is 19.9. The lowest BCUT2D eigenvalue weighted by atomic mass is 9.53. The van der Waals surface area contributed by atoms with Crippen molar-refractivity contribution in [3.8, 4) is 5.75 Å². The van der Waals surface area contributed by atoms with Crippen molar-refractivity contribution in [2.75, 3.05) is 11.9 Å². The smallest absolute Gasteiger partial charge is 0.139 e. The number of hydrogen-bond acceptors (Lipinski definition) is 3. The molecule has 3 aromatic rings. The van der Waals surface area contributed by atoms with E-state index >= 15 is 0 Å². The molecule has 32 heavy (non-hydrogen) atoms. The van der Waals surface area contributed by atoms with Gasteiger partial charge in [-0.1, -0.05) is 61.4 Å². The summed E-state index contributed by atoms with van der Waals surface area (Å²) in [5.74, 6) is 1.11. The van der Waals surface area contributed by atoms with Crippen molar-refractivity contribution in [3.63, 3.8) is 0 Å². The maximum atomic E-state index is 11.1. The van der Waals surface area contributed by atoms with Gasteiger partial charge < -0.3 is 15.7 Å². The third-order valence-electron chi connectivity index (χ3n) is 8.28. The molecule has 2 aliphatic carbocycles. The maximum absolute atomic E-state index is 11.1. The minimum atomic E-state index is 0.267. The zero-order valence-corrected chi connectivity index (χ0v) is 18.6. The van der Waals surface area contributed by atoms with Gasteiger partial charge in [-0.2, -0.15) is 0 Å². The standard InChI is InChI=1S/C29H32N2O/c32-28-19-24-22(17-26-23-11-6-7-13-29(23,24)14-15-30-26)18-27(28)31-25-12-5-4-10-21(25)16-20-8-2-1-3-9-20/h1-5,8-10,12,18-19,23,26,30-32H,6-7,11,13-17H2/t23-,26+,29+/m0/s1. The van der Waals surface area contributed by atoms with E-state index in [0.717, 1.165) is 36.7 Å². The minimum absolute atomic E-state index is 0.267. The number of piperidine rings is 1. The fraction of sp³-hybridized carbons (Fsp3) is 0.379. The van der Waals surface area contributed by atoms with Crippen molar-refractivity contribution < 1.29 is 5.11 Å². The number of fused-ring (bicyclic) bond motifs is 1. The SMILES string of the molecule is Oc1cc2c(cc1Nc1ccccc1Cc1ccccc1)C[C@H]1NCC[C@@]23CCCC[C@@H]13. The predicted molar refractivity (Wildman–Crippen MR) is 131 cm³/mol. The summed E-state index contributed by atoms with van der Waals surface area (Å²) in [7, 11) is 0. The Bertz CT molecular complexity index is 1120. The fourth-order valence-corrected chi connectivity index (χ4v) is 6.83. The lowest BCUT2D eigenvalue weighted by Crippen LogP contribution is -2.59. The topological polar surface area (TPSA) is 44.3 Å². The molecule has 0 spiro atoms. The van der Waals surface area contributed by atoms with Crippen LogP contribution in [0.3, 0.4) is 0 Å². The molecule has 2 bridgehead atoms. The van der Waals surface area contributed by atoms with Crippen LogP contribution < -0.4 is 10.6 Å². The van der Waals surface area contributed by atoms with Crippen molar-refractivity contribution in [1.29, 1.82) is 0 Å². The summed E-state index contributed by atoms with van der Waals surface area (Å²) in [5.41, 5.74) is 7.53. The molecule has 1 saturated carbocycles. The van der Waals surface area contributed by atoms with E-state index in [0.29, 0.717) is 11.8 Å². The molecular formula is C29H32N2O. The third kappa shape index (κ3) is 3.31. The minimum Gasteiger partial charge on any atom is -0.506 e. The second kappa shape index (κ2) is 7.97. The van der Waals surface area contributed by atoms with Crippen LogP contribution in [0, 0.1) is 5.92 Å². The van der Waals surface area contributed by atoms with Gasteiger partial charge in [0, 0.05) is 17.1 Å². The highest BCUT2D eigenvalue weighted by atomic mass is 16.3. The number of aromatic hydroxyl groups is 1. The van der Waals surface area contributed by atoms with Gasteiger partial charge in [0.25, 0.3) is 0 Å². The van der Waals surface area contributed by atoms with Crippen molar-refractivity contribution >= 4 is 11.4 Å². The maximum Gasteiger partial charge on any atom is 0.139 e. The van der Waals surface area contributed by atoms with Gasteiger partial charge in [0.05, 0.1) is 5.69 Å². The number of anilines is 2. The monoisotopic (exact) mass is 424 g/mol. The van der Waals surface area contributed by atoms with Crippen LogP contribution in [0.25, 0.3) is 0 Å². The Morgan fingerprint density at radius 2 is 1.78 bits per heavy atom. The van der Waals surface area contributed by atoms with E-state index in [4.69, 9.17) is 0 Å². The molecule has 0 radical (unpaired) electrons. The quantitative estimate of drug-likeness (QED) is 0.445. The summed E-state index contributed by atoms with van der Waals surface area (Å²) in [6, 6.07) is 23.9. The number of phenols is 1. The van der Waals surface area contributed by atoms with Gasteiger partial charge in [-0.05, 0) is 85.0 Å². The molecule has 1 saturated heterocycles. The van der Waals surface area contributed by atoms with E-state index in [9.17, 15) is 5.11 Å². The van der Waals surface area contributed by atoms with Crippen LogP contribution in [-0.4, -0.2) is 17.7 Å². The first-order chi connectivity index (χ1) is 15.7. The lowest BCUT2D eigenvalue weighted by Gasteiger charge is -2.56. The van der Waals surface area contributed by atoms with Gasteiger partial charge in [-0.15, -0.1) is 0 Å². The molecule has 0 unspecified atom stereocenters. The van der Waals surface area contributed by atoms with Crippen LogP contribution in [0.1, 0.15) is 54.4 Å². The normalized spacial score (nSPS) is 26.1. The molecule has 3 aromatic carbocycles. The van der Waals surface area contributed by atoms with Gasteiger partial charge in [-0.3, -0.25) is 0 Å². The van der Waals surface area contributed by atoms with E-state index < -0.39 is 0 Å². The van der Waals surface area contributed by atoms with Crippen molar-refractivity contribution in [1.82, 2.24) is 5.32 Å². The first-order valence-corrected chi connectivity index (χ1v) is 12.2. The van der Waals surface area contributed by atoms with Crippen LogP contribution in [0.2, 0.25) is 0 Å². The first-order valence-electron chi connectivity index (χ1n) is 12.2. The molecule has 3 aliphatic rings. The number of hydrogen-bond donors (Lipinski definition) is 3. The average Bonchev–Trinajstić information content (AvgIpc) is 2.82. The van der Waals surface area contributed by atoms with Crippen LogP contribution in [-0.2, 0) is 18.3 Å². The van der Waals surface area contributed by atoms with Crippen molar-refractivity contribution in [2.45, 2.75) is 56.4 Å². The molecule has 1 heterocycles. The molecule has 2 fully saturated rings. The highest BCUT2D eigenvalue weighted by Gasteiger charge is 2.51. The van der Waals surface area contributed by atoms with Crippen LogP contribution in [0.4, 0.5) is 11.4 Å². The van der Waals surface area contributed by atoms with Crippen LogP contribution >= 0.6 is 0 Å². The molecule has 0 aromatic heterocycles. The Balaban J connectivity index is 1.35. The number of benzene rings is 3. The number of rotatable bonds is 4. The Morgan fingerprint density at radius 1 is 0.938 bits per heavy atom. The molecule has 1 aliphatic heterocycles. The van der Waals surface area contributed by atoms with Crippen molar-refractivity contribution in [2.24, 2.45) is 5.92 Å². The van der Waals surface area contributed by atoms with E-state index in [2.05, 4.69) is 77.4 Å². The van der Waals surface area contributed by atoms with Crippen molar-refractivity contribution in [3.05, 3.63) is 89.0 Å². The molecule has 3 nitrogen and oxygen atoms in total. The number of para-hydroxylation sites is 1. The molecule has 3 heteroatoms. The largest absolute Gasteiger partial charge is 0.506 e. The summed E-state index contributed by atoms with van der Waals surface area (Å²) in [6.07, 6.45) is 8.40. The third-order valence-corrected chi connectivity index (χ3v) is 8.28. The molecular weight excluding hydrogens is 392 g/mol. The second-order valence-corrected chi connectivity index (χ2v) is 9.99. The fourth-order valence-electron chi connectivity index (χ4n) is 6.83. The number of phenolic OH excluding ortho intramolecular Hbond substituents is 1. The lowest BCUT2D eigenvalue weighted by molar-refractivity contribution is 0.0796. The molecule has 3 atom stereocenters. The highest BCUT2D eigenvalue weighted by Crippen LogP contribution is 2.55. The summed E-state index contributed by atoms with van der Waals surface area (Å²) >= 11 is 0. The second-order valence-electron chi connectivity index (χ2n) is 9.99. The molecule has 164 valence electrons. The molecule has 6 rings (SSSR count). The van der Waals surface area contributed by atoms with Gasteiger partial charge >= 0.3 is 0 Å². The average molecular weight is 425 g/mol. The van der Waals surface area contributed by atoms with E-state index in [-0.39, 0.29) is 5.41 Å². The summed E-state index contributed by atoms with van der Waals surface area (Å²) in [5, 5.41) is 18.5. The van der Waals surface area contributed by atoms with Gasteiger partial charge in [-0.25, -0.2) is 0 Å². The Labute approximate surface area is 190 Å². The highest BCUT2D eigenvalue weighted by molar-refractivity contribution is 5.71. The van der Waals surface area contributed by atoms with E-state index in [1.807, 2.05) is 0 Å². The van der Waals surface area contributed by atoms with Gasteiger partial charge in [0.2, 0.25) is 0 Å². The van der Waals surface area contributed by atoms with Gasteiger partial charge in [0.15, 0.2) is 0 Å². The summed E-state index contributed by atoms with van der Waals surface area (Å²) < 4.78 is 0. The molecule has 0 amide bonds. The Kier molecular flexibility index (Phi) is 4.95. The summed E-state index contributed by atoms with van der Waals surface area (Å²) in [4.78, 5) is 0. The van der Waals surface area contributed by atoms with Crippen LogP contribution in [0.5, 0.6) is 5.75 Å². The van der Waals surface area contributed by atoms with E-state index in [1.54, 1.807) is 0 Å². The van der Waals surface area contributed by atoms with Gasteiger partial charge in [0.1, 0.15) is 5.75 Å².